The first-order chi connectivity index (χ1) is 12.2. The molecular weight excluding hydrogens is 318 g/mol. The van der Waals surface area contributed by atoms with Crippen molar-refractivity contribution < 1.29 is 14.3 Å². The van der Waals surface area contributed by atoms with Crippen LogP contribution >= 0.6 is 0 Å². The SMILES string of the molecule is COc1ccccc1NC(=O)c1cc(C(=O)NC2CCCC2)ccn1. The van der Waals surface area contributed by atoms with E-state index in [2.05, 4.69) is 15.6 Å². The molecule has 0 unspecified atom stereocenters. The fraction of sp³-hybridized carbons (Fsp3) is 0.316. The Bertz CT molecular complexity index is 770. The maximum absolute atomic E-state index is 12.4. The molecule has 1 saturated carbocycles. The van der Waals surface area contributed by atoms with Crippen molar-refractivity contribution in [2.24, 2.45) is 0 Å². The predicted molar refractivity (Wildman–Crippen MR) is 94.9 cm³/mol. The van der Waals surface area contributed by atoms with E-state index in [1.54, 1.807) is 24.3 Å². The zero-order valence-electron chi connectivity index (χ0n) is 14.1. The van der Waals surface area contributed by atoms with Gasteiger partial charge in [0.25, 0.3) is 11.8 Å². The zero-order chi connectivity index (χ0) is 17.6. The Morgan fingerprint density at radius 3 is 2.64 bits per heavy atom. The molecule has 25 heavy (non-hydrogen) atoms. The number of nitrogens with zero attached hydrogens (tertiary/aromatic N) is 1. The summed E-state index contributed by atoms with van der Waals surface area (Å²) in [5, 5.41) is 5.77. The summed E-state index contributed by atoms with van der Waals surface area (Å²) in [4.78, 5) is 28.9. The van der Waals surface area contributed by atoms with Crippen LogP contribution in [0.5, 0.6) is 5.75 Å². The number of amides is 2. The molecular formula is C19H21N3O3. The van der Waals surface area contributed by atoms with E-state index in [9.17, 15) is 9.59 Å². The van der Waals surface area contributed by atoms with Crippen LogP contribution in [0.4, 0.5) is 5.69 Å². The average molecular weight is 339 g/mol. The molecule has 0 atom stereocenters. The molecule has 1 aliphatic rings. The fourth-order valence-corrected chi connectivity index (χ4v) is 2.97. The number of carbonyl (C=O) groups excluding carboxylic acids is 2. The summed E-state index contributed by atoms with van der Waals surface area (Å²) in [6, 6.07) is 10.5. The van der Waals surface area contributed by atoms with Crippen LogP contribution in [0.25, 0.3) is 0 Å². The van der Waals surface area contributed by atoms with Crippen molar-refractivity contribution in [2.45, 2.75) is 31.7 Å². The van der Waals surface area contributed by atoms with Crippen LogP contribution in [-0.4, -0.2) is 29.9 Å². The summed E-state index contributed by atoms with van der Waals surface area (Å²) in [6.45, 7) is 0. The van der Waals surface area contributed by atoms with Crippen molar-refractivity contribution in [2.75, 3.05) is 12.4 Å². The molecule has 1 aliphatic carbocycles. The van der Waals surface area contributed by atoms with Gasteiger partial charge in [-0.2, -0.15) is 0 Å². The van der Waals surface area contributed by atoms with Crippen molar-refractivity contribution in [3.8, 4) is 5.75 Å². The van der Waals surface area contributed by atoms with Crippen molar-refractivity contribution in [3.05, 3.63) is 53.9 Å². The van der Waals surface area contributed by atoms with Gasteiger partial charge < -0.3 is 15.4 Å². The molecule has 0 spiro atoms. The summed E-state index contributed by atoms with van der Waals surface area (Å²) in [6.07, 6.45) is 5.79. The Balaban J connectivity index is 1.71. The molecule has 6 nitrogen and oxygen atoms in total. The third kappa shape index (κ3) is 4.15. The molecule has 0 bridgehead atoms. The van der Waals surface area contributed by atoms with Crippen molar-refractivity contribution in [1.29, 1.82) is 0 Å². The lowest BCUT2D eigenvalue weighted by molar-refractivity contribution is 0.0937. The van der Waals surface area contributed by atoms with E-state index in [-0.39, 0.29) is 23.6 Å². The molecule has 1 aromatic heterocycles. The van der Waals surface area contributed by atoms with Gasteiger partial charge in [0.2, 0.25) is 0 Å². The van der Waals surface area contributed by atoms with E-state index < -0.39 is 0 Å². The van der Waals surface area contributed by atoms with Crippen LogP contribution in [0.1, 0.15) is 46.5 Å². The van der Waals surface area contributed by atoms with Gasteiger partial charge in [-0.15, -0.1) is 0 Å². The molecule has 2 amide bonds. The molecule has 3 rings (SSSR count). The second kappa shape index (κ2) is 7.79. The molecule has 1 fully saturated rings. The lowest BCUT2D eigenvalue weighted by Gasteiger charge is -2.12. The van der Waals surface area contributed by atoms with Crippen LogP contribution in [0.3, 0.4) is 0 Å². The fourth-order valence-electron chi connectivity index (χ4n) is 2.97. The highest BCUT2D eigenvalue weighted by molar-refractivity contribution is 6.05. The molecule has 2 N–H and O–H groups in total. The minimum Gasteiger partial charge on any atom is -0.495 e. The number of hydrogen-bond donors (Lipinski definition) is 2. The first-order valence-corrected chi connectivity index (χ1v) is 8.38. The Kier molecular flexibility index (Phi) is 5.28. The number of carbonyl (C=O) groups is 2. The molecule has 0 radical (unpaired) electrons. The van der Waals surface area contributed by atoms with Crippen LogP contribution < -0.4 is 15.4 Å². The predicted octanol–water partition coefficient (Wildman–Crippen LogP) is 3.01. The maximum atomic E-state index is 12.4. The van der Waals surface area contributed by atoms with Crippen molar-refractivity contribution in [1.82, 2.24) is 10.3 Å². The lowest BCUT2D eigenvalue weighted by Crippen LogP contribution is -2.32. The van der Waals surface area contributed by atoms with Gasteiger partial charge in [-0.3, -0.25) is 14.6 Å². The Morgan fingerprint density at radius 1 is 1.12 bits per heavy atom. The Hall–Kier alpha value is -2.89. The Labute approximate surface area is 146 Å². The number of hydrogen-bond acceptors (Lipinski definition) is 4. The van der Waals surface area contributed by atoms with E-state index in [1.165, 1.54) is 19.4 Å². The standard InChI is InChI=1S/C19H21N3O3/c1-25-17-9-5-4-8-15(17)22-19(24)16-12-13(10-11-20-16)18(23)21-14-6-2-3-7-14/h4-5,8-12,14H,2-3,6-7H2,1H3,(H,21,23)(H,22,24). The minimum atomic E-state index is -0.389. The number of ether oxygens (including phenoxy) is 1. The first kappa shape index (κ1) is 17.0. The maximum Gasteiger partial charge on any atom is 0.274 e. The van der Waals surface area contributed by atoms with E-state index in [0.29, 0.717) is 17.0 Å². The molecule has 0 saturated heterocycles. The monoisotopic (exact) mass is 339 g/mol. The van der Waals surface area contributed by atoms with Gasteiger partial charge in [-0.25, -0.2) is 0 Å². The van der Waals surface area contributed by atoms with E-state index in [4.69, 9.17) is 4.74 Å². The highest BCUT2D eigenvalue weighted by Gasteiger charge is 2.19. The third-order valence-corrected chi connectivity index (χ3v) is 4.30. The smallest absolute Gasteiger partial charge is 0.274 e. The average Bonchev–Trinajstić information content (AvgIpc) is 3.15. The van der Waals surface area contributed by atoms with E-state index in [1.807, 2.05) is 6.07 Å². The topological polar surface area (TPSA) is 80.3 Å². The zero-order valence-corrected chi connectivity index (χ0v) is 14.1. The van der Waals surface area contributed by atoms with Crippen molar-refractivity contribution in [3.63, 3.8) is 0 Å². The molecule has 2 aromatic rings. The summed E-state index contributed by atoms with van der Waals surface area (Å²) in [5.41, 5.74) is 1.18. The number of rotatable bonds is 5. The highest BCUT2D eigenvalue weighted by Crippen LogP contribution is 2.23. The van der Waals surface area contributed by atoms with Crippen LogP contribution in [0.2, 0.25) is 0 Å². The summed E-state index contributed by atoms with van der Waals surface area (Å²) < 4.78 is 5.22. The van der Waals surface area contributed by atoms with Gasteiger partial charge in [-0.05, 0) is 37.1 Å². The quantitative estimate of drug-likeness (QED) is 0.877. The second-order valence-electron chi connectivity index (χ2n) is 6.04. The van der Waals surface area contributed by atoms with E-state index in [0.717, 1.165) is 25.7 Å². The molecule has 6 heteroatoms. The molecule has 1 aromatic carbocycles. The van der Waals surface area contributed by atoms with Gasteiger partial charge >= 0.3 is 0 Å². The minimum absolute atomic E-state index is 0.166. The number of methoxy groups -OCH3 is 1. The Morgan fingerprint density at radius 2 is 1.88 bits per heavy atom. The van der Waals surface area contributed by atoms with Gasteiger partial charge in [0.05, 0.1) is 12.8 Å². The number of pyridine rings is 1. The summed E-state index contributed by atoms with van der Waals surface area (Å²) >= 11 is 0. The molecule has 130 valence electrons. The van der Waals surface area contributed by atoms with Gasteiger partial charge in [0.15, 0.2) is 0 Å². The number of nitrogens with one attached hydrogen (secondary N) is 2. The molecule has 0 aliphatic heterocycles. The number of para-hydroxylation sites is 2. The van der Waals surface area contributed by atoms with Gasteiger partial charge in [0, 0.05) is 17.8 Å². The number of aromatic nitrogens is 1. The van der Waals surface area contributed by atoms with Crippen LogP contribution in [0, 0.1) is 0 Å². The summed E-state index contributed by atoms with van der Waals surface area (Å²) in [5.74, 6) is 0.00615. The second-order valence-corrected chi connectivity index (χ2v) is 6.04. The number of anilines is 1. The number of benzene rings is 1. The van der Waals surface area contributed by atoms with Crippen LogP contribution in [-0.2, 0) is 0 Å². The largest absolute Gasteiger partial charge is 0.495 e. The molecule has 1 heterocycles. The van der Waals surface area contributed by atoms with Crippen molar-refractivity contribution >= 4 is 17.5 Å². The van der Waals surface area contributed by atoms with Gasteiger partial charge in [-0.1, -0.05) is 25.0 Å². The normalized spacial score (nSPS) is 14.1. The van der Waals surface area contributed by atoms with E-state index >= 15 is 0 Å². The first-order valence-electron chi connectivity index (χ1n) is 8.38. The lowest BCUT2D eigenvalue weighted by atomic mass is 10.1. The highest BCUT2D eigenvalue weighted by atomic mass is 16.5. The van der Waals surface area contributed by atoms with Crippen LogP contribution in [0.15, 0.2) is 42.6 Å². The summed E-state index contributed by atoms with van der Waals surface area (Å²) in [7, 11) is 1.54. The van der Waals surface area contributed by atoms with Gasteiger partial charge in [0.1, 0.15) is 11.4 Å². The third-order valence-electron chi connectivity index (χ3n) is 4.30.